The molecule has 8 heteroatoms. The third-order valence-electron chi connectivity index (χ3n) is 6.25. The number of piperidine rings is 1. The largest absolute Gasteiger partial charge is 0.369 e. The van der Waals surface area contributed by atoms with Crippen molar-refractivity contribution in [3.05, 3.63) is 29.8 Å². The van der Waals surface area contributed by atoms with Crippen LogP contribution in [0, 0.1) is 5.92 Å². The van der Waals surface area contributed by atoms with E-state index in [1.165, 1.54) is 4.90 Å². The number of amides is 4. The van der Waals surface area contributed by atoms with Crippen molar-refractivity contribution >= 4 is 29.3 Å². The van der Waals surface area contributed by atoms with Crippen molar-refractivity contribution in [1.29, 1.82) is 0 Å². The first-order valence-electron chi connectivity index (χ1n) is 10.2. The second kappa shape index (κ2) is 7.94. The van der Waals surface area contributed by atoms with E-state index in [0.29, 0.717) is 32.4 Å². The van der Waals surface area contributed by atoms with Crippen LogP contribution in [0.1, 0.15) is 37.7 Å². The number of hydrogen-bond donors (Lipinski definition) is 1. The first-order valence-corrected chi connectivity index (χ1v) is 10.2. The highest BCUT2D eigenvalue weighted by Gasteiger charge is 2.43. The van der Waals surface area contributed by atoms with Crippen molar-refractivity contribution in [3.63, 3.8) is 0 Å². The van der Waals surface area contributed by atoms with Crippen molar-refractivity contribution in [2.75, 3.05) is 24.5 Å². The van der Waals surface area contributed by atoms with Crippen LogP contribution in [0.3, 0.4) is 0 Å². The third-order valence-corrected chi connectivity index (χ3v) is 6.25. The van der Waals surface area contributed by atoms with E-state index < -0.39 is 6.04 Å². The molecule has 0 aromatic heterocycles. The molecule has 1 aromatic carbocycles. The Bertz CT molecular complexity index is 830. The van der Waals surface area contributed by atoms with E-state index in [0.717, 1.165) is 24.2 Å². The van der Waals surface area contributed by atoms with Crippen molar-refractivity contribution in [3.8, 4) is 0 Å². The van der Waals surface area contributed by atoms with E-state index >= 15 is 0 Å². The molecular weight excluding hydrogens is 372 g/mol. The molecule has 1 aromatic rings. The molecule has 0 unspecified atom stereocenters. The summed E-state index contributed by atoms with van der Waals surface area (Å²) in [7, 11) is 0. The molecule has 3 saturated heterocycles. The second-order valence-electron chi connectivity index (χ2n) is 8.07. The maximum absolute atomic E-state index is 12.9. The number of rotatable bonds is 5. The molecule has 8 nitrogen and oxygen atoms in total. The van der Waals surface area contributed by atoms with E-state index in [1.54, 1.807) is 4.90 Å². The lowest BCUT2D eigenvalue weighted by Crippen LogP contribution is -2.47. The predicted molar refractivity (Wildman–Crippen MR) is 105 cm³/mol. The molecule has 3 heterocycles. The van der Waals surface area contributed by atoms with Gasteiger partial charge < -0.3 is 10.6 Å². The van der Waals surface area contributed by atoms with Crippen LogP contribution in [0.15, 0.2) is 24.3 Å². The van der Waals surface area contributed by atoms with E-state index in [4.69, 9.17) is 5.73 Å². The van der Waals surface area contributed by atoms with Gasteiger partial charge in [-0.15, -0.1) is 0 Å². The van der Waals surface area contributed by atoms with E-state index in [-0.39, 0.29) is 42.5 Å². The minimum atomic E-state index is -0.446. The van der Waals surface area contributed by atoms with E-state index in [9.17, 15) is 19.2 Å². The highest BCUT2D eigenvalue weighted by atomic mass is 16.2. The Balaban J connectivity index is 1.38. The van der Waals surface area contributed by atoms with Crippen LogP contribution in [-0.2, 0) is 25.7 Å². The van der Waals surface area contributed by atoms with Crippen molar-refractivity contribution in [2.45, 2.75) is 44.7 Å². The summed E-state index contributed by atoms with van der Waals surface area (Å²) >= 11 is 0. The average Bonchev–Trinajstić information content (AvgIpc) is 3.27. The molecule has 0 saturated carbocycles. The van der Waals surface area contributed by atoms with Crippen molar-refractivity contribution < 1.29 is 19.2 Å². The van der Waals surface area contributed by atoms with Crippen LogP contribution in [-0.4, -0.2) is 59.1 Å². The topological polar surface area (TPSA) is 104 Å². The summed E-state index contributed by atoms with van der Waals surface area (Å²) in [5.74, 6) is -0.650. The van der Waals surface area contributed by atoms with Crippen molar-refractivity contribution in [1.82, 2.24) is 9.80 Å². The number of imide groups is 1. The van der Waals surface area contributed by atoms with Gasteiger partial charge in [0, 0.05) is 24.6 Å². The Hall–Kier alpha value is -2.74. The van der Waals surface area contributed by atoms with Crippen molar-refractivity contribution in [2.24, 2.45) is 11.7 Å². The number of primary amides is 1. The van der Waals surface area contributed by atoms with Gasteiger partial charge >= 0.3 is 0 Å². The van der Waals surface area contributed by atoms with Gasteiger partial charge in [-0.05, 0) is 50.0 Å². The minimum absolute atomic E-state index is 0.130. The van der Waals surface area contributed by atoms with Crippen LogP contribution >= 0.6 is 0 Å². The number of hydrogen-bond acceptors (Lipinski definition) is 5. The number of carbonyl (C=O) groups is 4. The zero-order valence-corrected chi connectivity index (χ0v) is 16.4. The molecule has 1 atom stereocenters. The molecule has 4 rings (SSSR count). The Labute approximate surface area is 169 Å². The molecule has 0 bridgehead atoms. The summed E-state index contributed by atoms with van der Waals surface area (Å²) in [6.07, 6.45) is 2.89. The number of carbonyl (C=O) groups excluding carboxylic acids is 4. The monoisotopic (exact) mass is 398 g/mol. The molecule has 0 radical (unpaired) electrons. The first kappa shape index (κ1) is 19.6. The van der Waals surface area contributed by atoms with Gasteiger partial charge in [0.15, 0.2) is 0 Å². The predicted octanol–water partition coefficient (Wildman–Crippen LogP) is 0.638. The van der Waals surface area contributed by atoms with Crippen LogP contribution in [0.25, 0.3) is 0 Å². The van der Waals surface area contributed by atoms with E-state index in [2.05, 4.69) is 0 Å². The van der Waals surface area contributed by atoms with Crippen LogP contribution in [0.4, 0.5) is 5.69 Å². The molecule has 2 N–H and O–H groups in total. The highest BCUT2D eigenvalue weighted by Crippen LogP contribution is 2.27. The fourth-order valence-corrected chi connectivity index (χ4v) is 4.50. The lowest BCUT2D eigenvalue weighted by atomic mass is 9.95. The fraction of sp³-hybridized carbons (Fsp3) is 0.524. The summed E-state index contributed by atoms with van der Waals surface area (Å²) in [6, 6.07) is 7.03. The standard InChI is InChI=1S/C21H26N4O4/c22-20(28)15-7-10-23(11-8-15)17-12-19(27)25(21(17)29)13-14-3-5-16(6-4-14)24-9-1-2-18(24)26/h3-6,15,17H,1-2,7-13H2,(H2,22,28)/t17-/m0/s1. The highest BCUT2D eigenvalue weighted by molar-refractivity contribution is 6.05. The van der Waals surface area contributed by atoms with Gasteiger partial charge in [0.05, 0.1) is 19.0 Å². The Morgan fingerprint density at radius 1 is 1.00 bits per heavy atom. The minimum Gasteiger partial charge on any atom is -0.369 e. The third kappa shape index (κ3) is 3.89. The Morgan fingerprint density at radius 3 is 2.28 bits per heavy atom. The zero-order chi connectivity index (χ0) is 20.5. The fourth-order valence-electron chi connectivity index (χ4n) is 4.50. The molecule has 29 heavy (non-hydrogen) atoms. The number of likely N-dealkylation sites (tertiary alicyclic amines) is 2. The van der Waals surface area contributed by atoms with Gasteiger partial charge in [-0.1, -0.05) is 12.1 Å². The lowest BCUT2D eigenvalue weighted by molar-refractivity contribution is -0.140. The molecule has 3 fully saturated rings. The molecule has 3 aliphatic rings. The normalized spacial score (nSPS) is 24.0. The second-order valence-corrected chi connectivity index (χ2v) is 8.07. The molecule has 154 valence electrons. The number of benzene rings is 1. The Kier molecular flexibility index (Phi) is 5.36. The molecular formula is C21H26N4O4. The maximum atomic E-state index is 12.9. The lowest BCUT2D eigenvalue weighted by Gasteiger charge is -2.33. The van der Waals surface area contributed by atoms with Crippen LogP contribution in [0.5, 0.6) is 0 Å². The molecule has 3 aliphatic heterocycles. The summed E-state index contributed by atoms with van der Waals surface area (Å²) < 4.78 is 0. The van der Waals surface area contributed by atoms with Gasteiger partial charge in [0.1, 0.15) is 0 Å². The van der Waals surface area contributed by atoms with Crippen LogP contribution in [0.2, 0.25) is 0 Å². The van der Waals surface area contributed by atoms with Gasteiger partial charge in [0.25, 0.3) is 0 Å². The number of nitrogens with zero attached hydrogens (tertiary/aromatic N) is 3. The van der Waals surface area contributed by atoms with Gasteiger partial charge in [-0.3, -0.25) is 29.0 Å². The smallest absolute Gasteiger partial charge is 0.247 e. The van der Waals surface area contributed by atoms with Gasteiger partial charge in [0.2, 0.25) is 23.6 Å². The first-order chi connectivity index (χ1) is 13.9. The van der Waals surface area contributed by atoms with Crippen LogP contribution < -0.4 is 10.6 Å². The van der Waals surface area contributed by atoms with Gasteiger partial charge in [-0.2, -0.15) is 0 Å². The quantitative estimate of drug-likeness (QED) is 0.733. The van der Waals surface area contributed by atoms with Gasteiger partial charge in [-0.25, -0.2) is 0 Å². The Morgan fingerprint density at radius 2 is 1.69 bits per heavy atom. The van der Waals surface area contributed by atoms with E-state index in [1.807, 2.05) is 29.2 Å². The maximum Gasteiger partial charge on any atom is 0.247 e. The zero-order valence-electron chi connectivity index (χ0n) is 16.4. The summed E-state index contributed by atoms with van der Waals surface area (Å²) in [5.41, 5.74) is 7.08. The molecule has 4 amide bonds. The molecule has 0 aliphatic carbocycles. The summed E-state index contributed by atoms with van der Waals surface area (Å²) in [6.45, 7) is 2.17. The summed E-state index contributed by atoms with van der Waals surface area (Å²) in [4.78, 5) is 53.6. The average molecular weight is 398 g/mol. The number of anilines is 1. The number of nitrogens with two attached hydrogens (primary N) is 1. The molecule has 0 spiro atoms. The SMILES string of the molecule is NC(=O)C1CCN([C@H]2CC(=O)N(Cc3ccc(N4CCCC4=O)cc3)C2=O)CC1. The summed E-state index contributed by atoms with van der Waals surface area (Å²) in [5, 5.41) is 0.